The largest absolute Gasteiger partial charge is 0.368 e. The van der Waals surface area contributed by atoms with Gasteiger partial charge in [0.2, 0.25) is 0 Å². The minimum Gasteiger partial charge on any atom is -0.368 e. The molecule has 3 aromatic rings. The lowest BCUT2D eigenvalue weighted by molar-refractivity contribution is 0.0747. The summed E-state index contributed by atoms with van der Waals surface area (Å²) >= 11 is 0. The molecule has 0 saturated carbocycles. The topological polar surface area (TPSA) is 26.8 Å². The van der Waals surface area contributed by atoms with Gasteiger partial charge >= 0.3 is 0 Å². The Balaban J connectivity index is 1.20. The van der Waals surface area contributed by atoms with E-state index in [0.717, 1.165) is 51.3 Å². The van der Waals surface area contributed by atoms with Crippen LogP contribution in [0.5, 0.6) is 0 Å². The molecule has 0 unspecified atom stereocenters. The molecule has 158 valence electrons. The minimum atomic E-state index is 0.141. The van der Waals surface area contributed by atoms with E-state index >= 15 is 0 Å². The molecule has 0 aromatic heterocycles. The molecule has 3 aromatic carbocycles. The van der Waals surface area contributed by atoms with Crippen LogP contribution in [0.3, 0.4) is 0 Å². The number of hydrogen-bond acceptors (Lipinski definition) is 3. The highest BCUT2D eigenvalue weighted by Gasteiger charge is 2.22. The number of fused-ring (bicyclic) bond motifs is 1. The first-order valence-corrected chi connectivity index (χ1v) is 11.3. The summed E-state index contributed by atoms with van der Waals surface area (Å²) in [7, 11) is 0. The zero-order valence-electron chi connectivity index (χ0n) is 17.9. The Kier molecular flexibility index (Phi) is 5.61. The van der Waals surface area contributed by atoms with Crippen molar-refractivity contribution < 1.29 is 4.79 Å². The number of amides is 1. The summed E-state index contributed by atoms with van der Waals surface area (Å²) in [4.78, 5) is 19.8. The zero-order chi connectivity index (χ0) is 21.0. The van der Waals surface area contributed by atoms with Crippen molar-refractivity contribution in [3.8, 4) is 0 Å². The van der Waals surface area contributed by atoms with Crippen LogP contribution in [-0.4, -0.2) is 43.5 Å². The van der Waals surface area contributed by atoms with Gasteiger partial charge in [-0.3, -0.25) is 4.79 Å². The third-order valence-corrected chi connectivity index (χ3v) is 6.47. The summed E-state index contributed by atoms with van der Waals surface area (Å²) < 4.78 is 0. The van der Waals surface area contributed by atoms with E-state index in [9.17, 15) is 4.79 Å². The van der Waals surface area contributed by atoms with Crippen molar-refractivity contribution in [2.45, 2.75) is 19.4 Å². The van der Waals surface area contributed by atoms with Gasteiger partial charge in [0.25, 0.3) is 5.91 Å². The van der Waals surface area contributed by atoms with Crippen molar-refractivity contribution in [2.75, 3.05) is 42.5 Å². The number of nitrogens with zero attached hydrogens (tertiary/aromatic N) is 3. The molecule has 1 fully saturated rings. The summed E-state index contributed by atoms with van der Waals surface area (Å²) in [5, 5.41) is 0. The van der Waals surface area contributed by atoms with Gasteiger partial charge in [-0.15, -0.1) is 0 Å². The second-order valence-corrected chi connectivity index (χ2v) is 8.47. The molecule has 0 radical (unpaired) electrons. The van der Waals surface area contributed by atoms with Gasteiger partial charge < -0.3 is 14.7 Å². The Morgan fingerprint density at radius 3 is 2.23 bits per heavy atom. The highest BCUT2D eigenvalue weighted by atomic mass is 16.2. The van der Waals surface area contributed by atoms with E-state index in [1.807, 2.05) is 23.1 Å². The molecule has 0 atom stereocenters. The first-order valence-electron chi connectivity index (χ1n) is 11.3. The fourth-order valence-corrected chi connectivity index (χ4v) is 4.74. The van der Waals surface area contributed by atoms with E-state index in [1.165, 1.54) is 28.9 Å². The molecule has 2 aliphatic heterocycles. The van der Waals surface area contributed by atoms with Gasteiger partial charge in [-0.05, 0) is 54.3 Å². The van der Waals surface area contributed by atoms with E-state index in [4.69, 9.17) is 0 Å². The van der Waals surface area contributed by atoms with Gasteiger partial charge in [-0.25, -0.2) is 0 Å². The standard InChI is InChI=1S/C27H29N3O/c31-27(29-19-17-28(18-20-29)25-9-2-1-3-10-25)24-14-12-22(13-15-24)21-30-16-6-8-23-7-4-5-11-26(23)30/h1-5,7,9-15H,6,8,16-21H2. The third kappa shape index (κ3) is 4.29. The van der Waals surface area contributed by atoms with Crippen LogP contribution in [0.4, 0.5) is 11.4 Å². The van der Waals surface area contributed by atoms with Crippen molar-refractivity contribution >= 4 is 17.3 Å². The van der Waals surface area contributed by atoms with Gasteiger partial charge in [0.1, 0.15) is 0 Å². The number of benzene rings is 3. The van der Waals surface area contributed by atoms with Crippen LogP contribution in [-0.2, 0) is 13.0 Å². The van der Waals surface area contributed by atoms with Gasteiger partial charge in [-0.2, -0.15) is 0 Å². The average Bonchev–Trinajstić information content (AvgIpc) is 2.85. The van der Waals surface area contributed by atoms with Crippen molar-refractivity contribution in [1.29, 1.82) is 0 Å². The monoisotopic (exact) mass is 411 g/mol. The number of para-hydroxylation sites is 2. The second-order valence-electron chi connectivity index (χ2n) is 8.47. The fourth-order valence-electron chi connectivity index (χ4n) is 4.74. The summed E-state index contributed by atoms with van der Waals surface area (Å²) in [6, 6.07) is 27.4. The van der Waals surface area contributed by atoms with E-state index in [0.29, 0.717) is 0 Å². The van der Waals surface area contributed by atoms with Gasteiger partial charge in [0, 0.05) is 56.2 Å². The smallest absolute Gasteiger partial charge is 0.253 e. The number of hydrogen-bond donors (Lipinski definition) is 0. The number of carbonyl (C=O) groups is 1. The van der Waals surface area contributed by atoms with E-state index in [2.05, 4.69) is 70.5 Å². The first-order chi connectivity index (χ1) is 15.3. The molecule has 0 bridgehead atoms. The maximum Gasteiger partial charge on any atom is 0.253 e. The summed E-state index contributed by atoms with van der Waals surface area (Å²) in [6.07, 6.45) is 2.36. The molecule has 4 heteroatoms. The summed E-state index contributed by atoms with van der Waals surface area (Å²) in [5.41, 5.74) is 6.07. The molecule has 2 aliphatic rings. The summed E-state index contributed by atoms with van der Waals surface area (Å²) in [5.74, 6) is 0.141. The normalized spacial score (nSPS) is 16.2. The SMILES string of the molecule is O=C(c1ccc(CN2CCCc3ccccc32)cc1)N1CCN(c2ccccc2)CC1. The predicted octanol–water partition coefficient (Wildman–Crippen LogP) is 4.60. The van der Waals surface area contributed by atoms with Crippen LogP contribution in [0.15, 0.2) is 78.9 Å². The highest BCUT2D eigenvalue weighted by Crippen LogP contribution is 2.28. The average molecular weight is 412 g/mol. The number of aryl methyl sites for hydroxylation is 1. The maximum atomic E-state index is 13.0. The van der Waals surface area contributed by atoms with Crippen molar-refractivity contribution in [1.82, 2.24) is 4.90 Å². The zero-order valence-corrected chi connectivity index (χ0v) is 17.9. The summed E-state index contributed by atoms with van der Waals surface area (Å²) in [6.45, 7) is 5.26. The second kappa shape index (κ2) is 8.84. The molecule has 0 N–H and O–H groups in total. The Labute approximate surface area is 184 Å². The number of carbonyl (C=O) groups excluding carboxylic acids is 1. The van der Waals surface area contributed by atoms with Crippen molar-refractivity contribution in [2.24, 2.45) is 0 Å². The molecule has 5 rings (SSSR count). The third-order valence-electron chi connectivity index (χ3n) is 6.47. The Morgan fingerprint density at radius 2 is 1.45 bits per heavy atom. The first kappa shape index (κ1) is 19.7. The Morgan fingerprint density at radius 1 is 0.742 bits per heavy atom. The molecule has 2 heterocycles. The van der Waals surface area contributed by atoms with Gasteiger partial charge in [0.15, 0.2) is 0 Å². The van der Waals surface area contributed by atoms with Crippen LogP contribution in [0.2, 0.25) is 0 Å². The van der Waals surface area contributed by atoms with Gasteiger partial charge in [-0.1, -0.05) is 48.5 Å². The highest BCUT2D eigenvalue weighted by molar-refractivity contribution is 5.94. The lowest BCUT2D eigenvalue weighted by Gasteiger charge is -2.36. The lowest BCUT2D eigenvalue weighted by Crippen LogP contribution is -2.48. The molecule has 1 saturated heterocycles. The van der Waals surface area contributed by atoms with Gasteiger partial charge in [0.05, 0.1) is 0 Å². The van der Waals surface area contributed by atoms with E-state index < -0.39 is 0 Å². The molecular formula is C27H29N3O. The molecule has 4 nitrogen and oxygen atoms in total. The van der Waals surface area contributed by atoms with Crippen molar-refractivity contribution in [3.63, 3.8) is 0 Å². The van der Waals surface area contributed by atoms with Crippen LogP contribution in [0.25, 0.3) is 0 Å². The lowest BCUT2D eigenvalue weighted by atomic mass is 10.0. The van der Waals surface area contributed by atoms with E-state index in [1.54, 1.807) is 0 Å². The quantitative estimate of drug-likeness (QED) is 0.628. The fraction of sp³-hybridized carbons (Fsp3) is 0.296. The van der Waals surface area contributed by atoms with Crippen LogP contribution < -0.4 is 9.80 Å². The van der Waals surface area contributed by atoms with Crippen LogP contribution in [0.1, 0.15) is 27.9 Å². The van der Waals surface area contributed by atoms with Crippen LogP contribution >= 0.6 is 0 Å². The number of anilines is 2. The molecular weight excluding hydrogens is 382 g/mol. The molecule has 1 amide bonds. The van der Waals surface area contributed by atoms with Crippen LogP contribution in [0, 0.1) is 0 Å². The molecule has 31 heavy (non-hydrogen) atoms. The number of piperazine rings is 1. The number of rotatable bonds is 4. The molecule has 0 aliphatic carbocycles. The van der Waals surface area contributed by atoms with E-state index in [-0.39, 0.29) is 5.91 Å². The Hall–Kier alpha value is -3.27. The predicted molar refractivity (Wildman–Crippen MR) is 127 cm³/mol. The minimum absolute atomic E-state index is 0.141. The van der Waals surface area contributed by atoms with Crippen molar-refractivity contribution in [3.05, 3.63) is 95.6 Å². The molecule has 0 spiro atoms. The maximum absolute atomic E-state index is 13.0. The Bertz CT molecular complexity index is 1020.